The molecule has 0 aromatic heterocycles. The lowest BCUT2D eigenvalue weighted by Gasteiger charge is -2.35. The van der Waals surface area contributed by atoms with Crippen molar-refractivity contribution in [2.45, 2.75) is 83.4 Å². The molecule has 0 radical (unpaired) electrons. The molecule has 1 saturated heterocycles. The molecule has 1 aliphatic heterocycles. The molecule has 9 heteroatoms. The summed E-state index contributed by atoms with van der Waals surface area (Å²) in [6.07, 6.45) is 5.46. The van der Waals surface area contributed by atoms with Crippen molar-refractivity contribution in [1.29, 1.82) is 0 Å². The monoisotopic (exact) mass is 666 g/mol. The highest BCUT2D eigenvalue weighted by Crippen LogP contribution is 2.50. The molecule has 2 fully saturated rings. The molecule has 1 saturated carbocycles. The molecule has 5 rings (SSSR count). The van der Waals surface area contributed by atoms with Crippen molar-refractivity contribution in [3.63, 3.8) is 0 Å². The van der Waals surface area contributed by atoms with Gasteiger partial charge in [0.2, 0.25) is 5.91 Å². The number of nitrogens with one attached hydrogen (secondary N) is 2. The molecule has 3 atom stereocenters. The third-order valence-corrected chi connectivity index (χ3v) is 9.24. The van der Waals surface area contributed by atoms with Crippen LogP contribution < -0.4 is 10.6 Å². The van der Waals surface area contributed by atoms with Crippen molar-refractivity contribution >= 4 is 23.8 Å². The minimum atomic E-state index is -0.700. The number of nitrogens with zero attached hydrogens (tertiary/aromatic N) is 2. The first-order valence-corrected chi connectivity index (χ1v) is 17.6. The number of carbonyl (C=O) groups excluding carboxylic acids is 4. The van der Waals surface area contributed by atoms with Crippen molar-refractivity contribution in [3.8, 4) is 0 Å². The smallest absolute Gasteiger partial charge is 0.410 e. The van der Waals surface area contributed by atoms with Gasteiger partial charge < -0.3 is 25.2 Å². The van der Waals surface area contributed by atoms with Gasteiger partial charge in [-0.15, -0.1) is 0 Å². The third-order valence-electron chi connectivity index (χ3n) is 9.24. The molecule has 260 valence electrons. The van der Waals surface area contributed by atoms with E-state index in [4.69, 9.17) is 4.74 Å². The van der Waals surface area contributed by atoms with Crippen molar-refractivity contribution in [2.75, 3.05) is 26.2 Å². The standard InChI is InChI=1S/C40H50N4O5/c1-40(2,3)49-39(48)44-24-22-43(23-25-44)38(47)33-20-13-19-32(26-33)36(45)42-35(37(46)41-28-29-14-7-4-8-15-29)21-12-6-11-18-31-27-34(31)30-16-9-5-10-17-30/h4-5,7-10,13-17,19-20,26,31,34-35H,6,11-12,18,21-25,27-28H2,1-3H3,(H,41,46)(H,42,45)/t31?,34?,35-/m0/s1. The molecule has 4 amide bonds. The first-order valence-electron chi connectivity index (χ1n) is 17.6. The summed E-state index contributed by atoms with van der Waals surface area (Å²) in [5.74, 6) is 0.574. The lowest BCUT2D eigenvalue weighted by molar-refractivity contribution is -0.123. The number of hydrogen-bond donors (Lipinski definition) is 2. The van der Waals surface area contributed by atoms with Gasteiger partial charge in [0.1, 0.15) is 11.6 Å². The maximum Gasteiger partial charge on any atom is 0.410 e. The summed E-state index contributed by atoms with van der Waals surface area (Å²) in [5.41, 5.74) is 2.53. The molecule has 3 aromatic rings. The van der Waals surface area contributed by atoms with E-state index in [2.05, 4.69) is 41.0 Å². The van der Waals surface area contributed by atoms with E-state index in [-0.39, 0.29) is 17.9 Å². The van der Waals surface area contributed by atoms with Crippen LogP contribution in [0.3, 0.4) is 0 Å². The molecule has 3 aromatic carbocycles. The van der Waals surface area contributed by atoms with Gasteiger partial charge in [0.05, 0.1) is 0 Å². The molecule has 9 nitrogen and oxygen atoms in total. The summed E-state index contributed by atoms with van der Waals surface area (Å²) >= 11 is 0. The second-order valence-electron chi connectivity index (χ2n) is 14.2. The number of amides is 4. The van der Waals surface area contributed by atoms with Gasteiger partial charge in [-0.05, 0) is 81.2 Å². The Morgan fingerprint density at radius 2 is 1.45 bits per heavy atom. The summed E-state index contributed by atoms with van der Waals surface area (Å²) < 4.78 is 5.46. The van der Waals surface area contributed by atoms with Crippen LogP contribution in [0.15, 0.2) is 84.9 Å². The van der Waals surface area contributed by atoms with Crippen LogP contribution in [0.2, 0.25) is 0 Å². The molecular formula is C40H50N4O5. The Balaban J connectivity index is 1.14. The fraction of sp³-hybridized carbons (Fsp3) is 0.450. The number of ether oxygens (including phenoxy) is 1. The van der Waals surface area contributed by atoms with Crippen LogP contribution in [0, 0.1) is 5.92 Å². The Morgan fingerprint density at radius 3 is 2.14 bits per heavy atom. The van der Waals surface area contributed by atoms with Gasteiger partial charge in [-0.25, -0.2) is 4.79 Å². The maximum absolute atomic E-state index is 13.5. The number of benzene rings is 3. The average molecular weight is 667 g/mol. The molecule has 2 aliphatic rings. The normalized spacial score (nSPS) is 17.9. The van der Waals surface area contributed by atoms with Gasteiger partial charge in [0, 0.05) is 43.9 Å². The number of piperazine rings is 1. The second kappa shape index (κ2) is 16.6. The predicted molar refractivity (Wildman–Crippen MR) is 190 cm³/mol. The van der Waals surface area contributed by atoms with E-state index in [0.717, 1.165) is 30.7 Å². The highest BCUT2D eigenvalue weighted by Gasteiger charge is 2.37. The van der Waals surface area contributed by atoms with E-state index in [0.29, 0.717) is 56.2 Å². The molecule has 2 unspecified atom stereocenters. The van der Waals surface area contributed by atoms with Crippen molar-refractivity contribution in [3.05, 3.63) is 107 Å². The number of unbranched alkanes of at least 4 members (excludes halogenated alkanes) is 2. The first kappa shape index (κ1) is 35.6. The van der Waals surface area contributed by atoms with Crippen LogP contribution in [-0.4, -0.2) is 71.4 Å². The largest absolute Gasteiger partial charge is 0.444 e. The Morgan fingerprint density at radius 1 is 0.796 bits per heavy atom. The van der Waals surface area contributed by atoms with Crippen LogP contribution >= 0.6 is 0 Å². The van der Waals surface area contributed by atoms with Gasteiger partial charge in [-0.1, -0.05) is 86.0 Å². The summed E-state index contributed by atoms with van der Waals surface area (Å²) in [6, 6.07) is 26.3. The average Bonchev–Trinajstić information content (AvgIpc) is 3.89. The van der Waals surface area contributed by atoms with Gasteiger partial charge in [0.25, 0.3) is 11.8 Å². The highest BCUT2D eigenvalue weighted by molar-refractivity contribution is 6.01. The van der Waals surface area contributed by atoms with Crippen molar-refractivity contribution in [1.82, 2.24) is 20.4 Å². The summed E-state index contributed by atoms with van der Waals surface area (Å²) in [7, 11) is 0. The summed E-state index contributed by atoms with van der Waals surface area (Å²) in [5, 5.41) is 5.95. The van der Waals surface area contributed by atoms with Gasteiger partial charge in [0.15, 0.2) is 0 Å². The van der Waals surface area contributed by atoms with E-state index in [1.54, 1.807) is 34.1 Å². The van der Waals surface area contributed by atoms with Gasteiger partial charge in [-0.3, -0.25) is 14.4 Å². The summed E-state index contributed by atoms with van der Waals surface area (Å²) in [6.45, 7) is 7.32. The first-order chi connectivity index (χ1) is 23.6. The maximum atomic E-state index is 13.5. The Bertz CT molecular complexity index is 1560. The fourth-order valence-corrected chi connectivity index (χ4v) is 6.42. The van der Waals surface area contributed by atoms with Crippen molar-refractivity contribution < 1.29 is 23.9 Å². The molecule has 0 bridgehead atoms. The fourth-order valence-electron chi connectivity index (χ4n) is 6.42. The Labute approximate surface area is 290 Å². The molecule has 2 N–H and O–H groups in total. The minimum Gasteiger partial charge on any atom is -0.444 e. The van der Waals surface area contributed by atoms with Crippen LogP contribution in [0.5, 0.6) is 0 Å². The van der Waals surface area contributed by atoms with Crippen LogP contribution in [0.1, 0.15) is 97.1 Å². The van der Waals surface area contributed by atoms with Crippen molar-refractivity contribution in [2.24, 2.45) is 5.92 Å². The number of carbonyl (C=O) groups is 4. The Hall–Kier alpha value is -4.66. The summed E-state index contributed by atoms with van der Waals surface area (Å²) in [4.78, 5) is 56.0. The zero-order chi connectivity index (χ0) is 34.8. The third kappa shape index (κ3) is 10.7. The van der Waals surface area contributed by atoms with Crippen LogP contribution in [-0.2, 0) is 16.1 Å². The molecule has 1 aliphatic carbocycles. The van der Waals surface area contributed by atoms with E-state index >= 15 is 0 Å². The SMILES string of the molecule is CC(C)(C)OC(=O)N1CCN(C(=O)c2cccc(C(=O)N[C@@H](CCCCCC3CC3c3ccccc3)C(=O)NCc3ccccc3)c2)CC1. The van der Waals surface area contributed by atoms with E-state index in [9.17, 15) is 19.2 Å². The predicted octanol–water partition coefficient (Wildman–Crippen LogP) is 6.55. The van der Waals surface area contributed by atoms with Crippen LogP contribution in [0.4, 0.5) is 4.79 Å². The molecule has 1 heterocycles. The molecular weight excluding hydrogens is 616 g/mol. The Kier molecular flexibility index (Phi) is 12.1. The molecule has 49 heavy (non-hydrogen) atoms. The second-order valence-corrected chi connectivity index (χ2v) is 14.2. The van der Waals surface area contributed by atoms with Gasteiger partial charge in [-0.2, -0.15) is 0 Å². The zero-order valence-electron chi connectivity index (χ0n) is 29.0. The van der Waals surface area contributed by atoms with E-state index < -0.39 is 17.6 Å². The lowest BCUT2D eigenvalue weighted by Crippen LogP contribution is -2.51. The topological polar surface area (TPSA) is 108 Å². The van der Waals surface area contributed by atoms with Crippen LogP contribution in [0.25, 0.3) is 0 Å². The van der Waals surface area contributed by atoms with Gasteiger partial charge >= 0.3 is 6.09 Å². The van der Waals surface area contributed by atoms with E-state index in [1.165, 1.54) is 18.4 Å². The number of rotatable bonds is 13. The highest BCUT2D eigenvalue weighted by atomic mass is 16.6. The van der Waals surface area contributed by atoms with E-state index in [1.807, 2.05) is 51.1 Å². The lowest BCUT2D eigenvalue weighted by atomic mass is 10.0. The number of hydrogen-bond acceptors (Lipinski definition) is 5. The quantitative estimate of drug-likeness (QED) is 0.201. The minimum absolute atomic E-state index is 0.208. The zero-order valence-corrected chi connectivity index (χ0v) is 29.0. The molecule has 0 spiro atoms.